The largest absolute Gasteiger partial charge is 0.377 e. The van der Waals surface area contributed by atoms with Gasteiger partial charge in [0.25, 0.3) is 0 Å². The zero-order valence-corrected chi connectivity index (χ0v) is 5.84. The maximum absolute atomic E-state index is 5.51. The maximum Gasteiger partial charge on any atom is 0.0742 e. The molecule has 2 aliphatic heterocycles. The lowest BCUT2D eigenvalue weighted by atomic mass is 10.1. The highest BCUT2D eigenvalue weighted by atomic mass is 16.5. The minimum Gasteiger partial charge on any atom is -0.377 e. The molecule has 2 aliphatic rings. The first-order chi connectivity index (χ1) is 4.36. The molecule has 2 atom stereocenters. The molecular weight excluding hydrogens is 114 g/mol. The first kappa shape index (κ1) is 5.69. The summed E-state index contributed by atoms with van der Waals surface area (Å²) >= 11 is 0. The Morgan fingerprint density at radius 1 is 1.44 bits per heavy atom. The van der Waals surface area contributed by atoms with E-state index in [1.54, 1.807) is 0 Å². The number of nitrogens with zero attached hydrogens (tertiary/aromatic N) is 1. The SMILES string of the molecule is CN1CC2OCC[C@@H]2C1. The van der Waals surface area contributed by atoms with Crippen molar-refractivity contribution in [3.05, 3.63) is 0 Å². The lowest BCUT2D eigenvalue weighted by molar-refractivity contribution is 0.103. The van der Waals surface area contributed by atoms with Crippen LogP contribution >= 0.6 is 0 Å². The van der Waals surface area contributed by atoms with Gasteiger partial charge in [0, 0.05) is 25.6 Å². The van der Waals surface area contributed by atoms with Crippen LogP contribution in [0.15, 0.2) is 0 Å². The third-order valence-electron chi connectivity index (χ3n) is 2.38. The molecule has 0 saturated carbocycles. The van der Waals surface area contributed by atoms with Gasteiger partial charge in [-0.3, -0.25) is 0 Å². The van der Waals surface area contributed by atoms with E-state index in [0.29, 0.717) is 6.10 Å². The molecule has 1 unspecified atom stereocenters. The summed E-state index contributed by atoms with van der Waals surface area (Å²) in [5.74, 6) is 0.856. The molecule has 52 valence electrons. The first-order valence-corrected chi connectivity index (χ1v) is 3.66. The zero-order chi connectivity index (χ0) is 6.27. The predicted molar refractivity (Wildman–Crippen MR) is 35.3 cm³/mol. The second kappa shape index (κ2) is 1.96. The average Bonchev–Trinajstić information content (AvgIpc) is 2.22. The molecule has 0 N–H and O–H groups in total. The Bertz CT molecular complexity index is 103. The molecule has 0 bridgehead atoms. The van der Waals surface area contributed by atoms with Gasteiger partial charge in [0.05, 0.1) is 6.10 Å². The molecule has 9 heavy (non-hydrogen) atoms. The van der Waals surface area contributed by atoms with Crippen molar-refractivity contribution >= 4 is 0 Å². The summed E-state index contributed by atoms with van der Waals surface area (Å²) < 4.78 is 5.51. The van der Waals surface area contributed by atoms with Crippen molar-refractivity contribution in [3.63, 3.8) is 0 Å². The van der Waals surface area contributed by atoms with Crippen LogP contribution in [0.4, 0.5) is 0 Å². The Labute approximate surface area is 55.8 Å². The number of hydrogen-bond acceptors (Lipinski definition) is 2. The average molecular weight is 127 g/mol. The number of fused-ring (bicyclic) bond motifs is 1. The first-order valence-electron chi connectivity index (χ1n) is 3.66. The van der Waals surface area contributed by atoms with Gasteiger partial charge in [-0.05, 0) is 13.5 Å². The molecule has 2 saturated heterocycles. The highest BCUT2D eigenvalue weighted by Crippen LogP contribution is 2.27. The number of ether oxygens (including phenoxy) is 1. The number of likely N-dealkylation sites (N-methyl/N-ethyl adjacent to an activating group) is 1. The Morgan fingerprint density at radius 2 is 2.33 bits per heavy atom. The molecule has 0 amide bonds. The summed E-state index contributed by atoms with van der Waals surface area (Å²) in [4.78, 5) is 2.36. The third-order valence-corrected chi connectivity index (χ3v) is 2.38. The Morgan fingerprint density at radius 3 is 3.11 bits per heavy atom. The van der Waals surface area contributed by atoms with Crippen molar-refractivity contribution in [1.29, 1.82) is 0 Å². The highest BCUT2D eigenvalue weighted by Gasteiger charge is 2.35. The van der Waals surface area contributed by atoms with Gasteiger partial charge >= 0.3 is 0 Å². The van der Waals surface area contributed by atoms with Crippen LogP contribution in [0.1, 0.15) is 6.42 Å². The smallest absolute Gasteiger partial charge is 0.0742 e. The lowest BCUT2D eigenvalue weighted by Gasteiger charge is -2.07. The molecular formula is C7H13NO. The van der Waals surface area contributed by atoms with Crippen LogP contribution in [-0.2, 0) is 4.74 Å². The normalized spacial score (nSPS) is 43.7. The summed E-state index contributed by atoms with van der Waals surface area (Å²) in [5.41, 5.74) is 0. The van der Waals surface area contributed by atoms with Crippen molar-refractivity contribution in [3.8, 4) is 0 Å². The summed E-state index contributed by atoms with van der Waals surface area (Å²) in [6.07, 6.45) is 1.87. The Balaban J connectivity index is 2.02. The van der Waals surface area contributed by atoms with Gasteiger partial charge in [-0.15, -0.1) is 0 Å². The fourth-order valence-electron chi connectivity index (χ4n) is 1.89. The Hall–Kier alpha value is -0.0800. The predicted octanol–water partition coefficient (Wildman–Crippen LogP) is 0.337. The molecule has 2 heteroatoms. The lowest BCUT2D eigenvalue weighted by Crippen LogP contribution is -2.17. The zero-order valence-electron chi connectivity index (χ0n) is 5.84. The van der Waals surface area contributed by atoms with Crippen LogP contribution in [0.2, 0.25) is 0 Å². The van der Waals surface area contributed by atoms with E-state index in [1.807, 2.05) is 0 Å². The molecule has 0 radical (unpaired) electrons. The minimum atomic E-state index is 0.579. The quantitative estimate of drug-likeness (QED) is 0.465. The van der Waals surface area contributed by atoms with Gasteiger partial charge < -0.3 is 9.64 Å². The molecule has 2 fully saturated rings. The van der Waals surface area contributed by atoms with Gasteiger partial charge in [-0.2, -0.15) is 0 Å². The summed E-state index contributed by atoms with van der Waals surface area (Å²) in [6, 6.07) is 0. The number of likely N-dealkylation sites (tertiary alicyclic amines) is 1. The molecule has 2 heterocycles. The van der Waals surface area contributed by atoms with Gasteiger partial charge in [0.1, 0.15) is 0 Å². The van der Waals surface area contributed by atoms with E-state index in [2.05, 4.69) is 11.9 Å². The van der Waals surface area contributed by atoms with Gasteiger partial charge in [-0.25, -0.2) is 0 Å². The summed E-state index contributed by atoms with van der Waals surface area (Å²) in [7, 11) is 2.17. The van der Waals surface area contributed by atoms with Crippen molar-refractivity contribution < 1.29 is 4.74 Å². The molecule has 0 aromatic rings. The molecule has 0 aliphatic carbocycles. The van der Waals surface area contributed by atoms with Crippen LogP contribution in [0.25, 0.3) is 0 Å². The van der Waals surface area contributed by atoms with E-state index in [0.717, 1.165) is 19.1 Å². The van der Waals surface area contributed by atoms with E-state index in [9.17, 15) is 0 Å². The van der Waals surface area contributed by atoms with Gasteiger partial charge in [-0.1, -0.05) is 0 Å². The molecule has 0 aromatic heterocycles. The topological polar surface area (TPSA) is 12.5 Å². The van der Waals surface area contributed by atoms with Crippen LogP contribution in [0.3, 0.4) is 0 Å². The molecule has 0 spiro atoms. The van der Waals surface area contributed by atoms with Crippen LogP contribution in [0, 0.1) is 5.92 Å². The maximum atomic E-state index is 5.51. The molecule has 2 nitrogen and oxygen atoms in total. The van der Waals surface area contributed by atoms with E-state index >= 15 is 0 Å². The van der Waals surface area contributed by atoms with Crippen LogP contribution in [-0.4, -0.2) is 37.7 Å². The molecule has 0 aromatic carbocycles. The van der Waals surface area contributed by atoms with Gasteiger partial charge in [0.2, 0.25) is 0 Å². The summed E-state index contributed by atoms with van der Waals surface area (Å²) in [5, 5.41) is 0. The van der Waals surface area contributed by atoms with E-state index in [-0.39, 0.29) is 0 Å². The van der Waals surface area contributed by atoms with Crippen molar-refractivity contribution in [2.24, 2.45) is 5.92 Å². The number of hydrogen-bond donors (Lipinski definition) is 0. The minimum absolute atomic E-state index is 0.579. The van der Waals surface area contributed by atoms with Crippen LogP contribution in [0.5, 0.6) is 0 Å². The monoisotopic (exact) mass is 127 g/mol. The second-order valence-corrected chi connectivity index (χ2v) is 3.18. The molecule has 2 rings (SSSR count). The highest BCUT2D eigenvalue weighted by molar-refractivity contribution is 4.86. The van der Waals surface area contributed by atoms with Crippen LogP contribution < -0.4 is 0 Å². The van der Waals surface area contributed by atoms with E-state index < -0.39 is 0 Å². The standard InChI is InChI=1S/C7H13NO/c1-8-4-6-2-3-9-7(6)5-8/h6-7H,2-5H2,1H3/t6-,7?/m1/s1. The van der Waals surface area contributed by atoms with Crippen molar-refractivity contribution in [1.82, 2.24) is 4.90 Å². The van der Waals surface area contributed by atoms with Gasteiger partial charge in [0.15, 0.2) is 0 Å². The third kappa shape index (κ3) is 0.864. The fourth-order valence-corrected chi connectivity index (χ4v) is 1.89. The van der Waals surface area contributed by atoms with E-state index in [1.165, 1.54) is 13.0 Å². The second-order valence-electron chi connectivity index (χ2n) is 3.18. The fraction of sp³-hybridized carbons (Fsp3) is 1.00. The van der Waals surface area contributed by atoms with Crippen molar-refractivity contribution in [2.75, 3.05) is 26.7 Å². The van der Waals surface area contributed by atoms with Crippen molar-refractivity contribution in [2.45, 2.75) is 12.5 Å². The Kier molecular flexibility index (Phi) is 1.24. The van der Waals surface area contributed by atoms with E-state index in [4.69, 9.17) is 4.74 Å². The number of rotatable bonds is 0. The summed E-state index contributed by atoms with van der Waals surface area (Å²) in [6.45, 7) is 3.42.